The predicted octanol–water partition coefficient (Wildman–Crippen LogP) is 4.81. The number of hydrogen-bond donors (Lipinski definition) is 1. The van der Waals surface area contributed by atoms with E-state index in [1.807, 2.05) is 0 Å². The maximum absolute atomic E-state index is 14.1. The van der Waals surface area contributed by atoms with Crippen LogP contribution in [0.25, 0.3) is 0 Å². The minimum absolute atomic E-state index is 0.00187. The molecule has 0 aliphatic carbocycles. The highest BCUT2D eigenvalue weighted by Crippen LogP contribution is 2.33. The SMILES string of the molecule is CCC(C)(C#N)C(N)=Nc1cc(SCC(C)(F)F)c(C)cc1F. The topological polar surface area (TPSA) is 62.2 Å². The van der Waals surface area contributed by atoms with Gasteiger partial charge in [-0.25, -0.2) is 18.2 Å². The van der Waals surface area contributed by atoms with Gasteiger partial charge in [0, 0.05) is 11.8 Å². The van der Waals surface area contributed by atoms with Gasteiger partial charge in [0.1, 0.15) is 22.8 Å². The third-order valence-corrected chi connectivity index (χ3v) is 4.89. The smallest absolute Gasteiger partial charge is 0.254 e. The normalized spacial score (nSPS) is 15.1. The van der Waals surface area contributed by atoms with E-state index < -0.39 is 22.9 Å². The van der Waals surface area contributed by atoms with E-state index in [4.69, 9.17) is 5.73 Å². The molecule has 0 heterocycles. The summed E-state index contributed by atoms with van der Waals surface area (Å²) in [5.74, 6) is -3.84. The summed E-state index contributed by atoms with van der Waals surface area (Å²) in [5, 5.41) is 9.18. The molecule has 2 N–H and O–H groups in total. The molecule has 0 radical (unpaired) electrons. The molecule has 1 aromatic carbocycles. The van der Waals surface area contributed by atoms with Gasteiger partial charge in [-0.2, -0.15) is 5.26 Å². The second-order valence-electron chi connectivity index (χ2n) is 5.72. The Kier molecular flexibility index (Phi) is 6.11. The molecule has 0 aliphatic heterocycles. The molecule has 1 aromatic rings. The lowest BCUT2D eigenvalue weighted by Gasteiger charge is -2.18. The third kappa shape index (κ3) is 5.17. The maximum atomic E-state index is 14.1. The standard InChI is InChI=1S/C16H20F3N3S/c1-5-15(3,8-20)14(21)22-12-7-13(10(2)6-11(12)17)23-9-16(4,18)19/h6-7H,5,9H2,1-4H3,(H2,21,22). The van der Waals surface area contributed by atoms with E-state index in [1.54, 1.807) is 20.8 Å². The lowest BCUT2D eigenvalue weighted by Crippen LogP contribution is -2.32. The molecule has 1 unspecified atom stereocenters. The second kappa shape index (κ2) is 7.26. The summed E-state index contributed by atoms with van der Waals surface area (Å²) in [4.78, 5) is 4.52. The average Bonchev–Trinajstić information content (AvgIpc) is 2.46. The number of hydrogen-bond acceptors (Lipinski definition) is 3. The number of benzene rings is 1. The van der Waals surface area contributed by atoms with Crippen LogP contribution in [-0.2, 0) is 0 Å². The first-order valence-electron chi connectivity index (χ1n) is 7.09. The summed E-state index contributed by atoms with van der Waals surface area (Å²) < 4.78 is 40.1. The number of thioether (sulfide) groups is 1. The Bertz CT molecular complexity index is 647. The van der Waals surface area contributed by atoms with Crippen LogP contribution in [0.2, 0.25) is 0 Å². The van der Waals surface area contributed by atoms with Crippen molar-refractivity contribution in [3.05, 3.63) is 23.5 Å². The highest BCUT2D eigenvalue weighted by molar-refractivity contribution is 7.99. The fraction of sp³-hybridized carbons (Fsp3) is 0.500. The minimum atomic E-state index is -2.82. The first kappa shape index (κ1) is 19.4. The van der Waals surface area contributed by atoms with Gasteiger partial charge in [0.15, 0.2) is 0 Å². The van der Waals surface area contributed by atoms with Crippen molar-refractivity contribution in [2.45, 2.75) is 44.9 Å². The van der Waals surface area contributed by atoms with Crippen molar-refractivity contribution < 1.29 is 13.2 Å². The van der Waals surface area contributed by atoms with Crippen molar-refractivity contribution >= 4 is 23.3 Å². The van der Waals surface area contributed by atoms with Crippen LogP contribution in [0.4, 0.5) is 18.9 Å². The largest absolute Gasteiger partial charge is 0.386 e. The van der Waals surface area contributed by atoms with Gasteiger partial charge in [-0.05, 0) is 38.0 Å². The number of rotatable bonds is 6. The van der Waals surface area contributed by atoms with Gasteiger partial charge < -0.3 is 5.73 Å². The molecule has 126 valence electrons. The molecular weight excluding hydrogens is 323 g/mol. The van der Waals surface area contributed by atoms with Gasteiger partial charge in [0.05, 0.1) is 11.8 Å². The first-order chi connectivity index (χ1) is 10.5. The second-order valence-corrected chi connectivity index (χ2v) is 6.74. The molecule has 0 amide bonds. The van der Waals surface area contributed by atoms with E-state index in [2.05, 4.69) is 11.1 Å². The highest BCUT2D eigenvalue weighted by atomic mass is 32.2. The molecule has 3 nitrogen and oxygen atoms in total. The molecule has 0 bridgehead atoms. The lowest BCUT2D eigenvalue weighted by molar-refractivity contribution is 0.0492. The quantitative estimate of drug-likeness (QED) is 0.458. The van der Waals surface area contributed by atoms with Gasteiger partial charge in [0.2, 0.25) is 0 Å². The minimum Gasteiger partial charge on any atom is -0.386 e. The number of nitrogens with two attached hydrogens (primary N) is 1. The van der Waals surface area contributed by atoms with Crippen LogP contribution < -0.4 is 5.73 Å². The van der Waals surface area contributed by atoms with E-state index in [0.29, 0.717) is 16.9 Å². The molecule has 1 atom stereocenters. The summed E-state index contributed by atoms with van der Waals surface area (Å²) in [6, 6.07) is 4.68. The number of nitrogens with zero attached hydrogens (tertiary/aromatic N) is 2. The number of aryl methyl sites for hydroxylation is 1. The monoisotopic (exact) mass is 343 g/mol. The Hall–Kier alpha value is -1.68. The van der Waals surface area contributed by atoms with E-state index in [1.165, 1.54) is 12.1 Å². The van der Waals surface area contributed by atoms with Crippen LogP contribution in [0, 0.1) is 29.5 Å². The Labute approximate surface area is 138 Å². The first-order valence-corrected chi connectivity index (χ1v) is 8.07. The van der Waals surface area contributed by atoms with Crippen LogP contribution in [0.5, 0.6) is 0 Å². The van der Waals surface area contributed by atoms with Gasteiger partial charge in [0.25, 0.3) is 5.92 Å². The number of nitriles is 1. The van der Waals surface area contributed by atoms with Crippen molar-refractivity contribution in [2.24, 2.45) is 16.1 Å². The molecule has 1 rings (SSSR count). The maximum Gasteiger partial charge on any atom is 0.254 e. The fourth-order valence-corrected chi connectivity index (χ4v) is 2.55. The van der Waals surface area contributed by atoms with Gasteiger partial charge >= 0.3 is 0 Å². The van der Waals surface area contributed by atoms with Crippen molar-refractivity contribution in [3.8, 4) is 6.07 Å². The van der Waals surface area contributed by atoms with Crippen LogP contribution in [-0.4, -0.2) is 17.5 Å². The van der Waals surface area contributed by atoms with Crippen molar-refractivity contribution in [3.63, 3.8) is 0 Å². The third-order valence-electron chi connectivity index (χ3n) is 3.49. The van der Waals surface area contributed by atoms with Crippen LogP contribution in [0.15, 0.2) is 22.0 Å². The molecular formula is C16H20F3N3S. The number of amidine groups is 1. The number of aliphatic imine (C=N–C) groups is 1. The number of alkyl halides is 2. The van der Waals surface area contributed by atoms with Gasteiger partial charge in [-0.1, -0.05) is 6.92 Å². The van der Waals surface area contributed by atoms with E-state index in [-0.39, 0.29) is 11.5 Å². The average molecular weight is 343 g/mol. The molecule has 7 heteroatoms. The van der Waals surface area contributed by atoms with Crippen LogP contribution in [0.1, 0.15) is 32.8 Å². The molecule has 0 saturated carbocycles. The van der Waals surface area contributed by atoms with Crippen LogP contribution in [0.3, 0.4) is 0 Å². The molecule has 0 saturated heterocycles. The molecule has 0 fully saturated rings. The summed E-state index contributed by atoms with van der Waals surface area (Å²) in [6.45, 7) is 5.87. The Balaban J connectivity index is 3.20. The predicted molar refractivity (Wildman–Crippen MR) is 87.8 cm³/mol. The molecule has 0 aromatic heterocycles. The molecule has 23 heavy (non-hydrogen) atoms. The van der Waals surface area contributed by atoms with E-state index >= 15 is 0 Å². The van der Waals surface area contributed by atoms with Crippen molar-refractivity contribution in [1.82, 2.24) is 0 Å². The zero-order chi connectivity index (χ0) is 17.8. The van der Waals surface area contributed by atoms with E-state index in [0.717, 1.165) is 18.7 Å². The number of halogens is 3. The molecule has 0 aliphatic rings. The summed E-state index contributed by atoms with van der Waals surface area (Å²) in [5.41, 5.74) is 5.34. The summed E-state index contributed by atoms with van der Waals surface area (Å²) in [7, 11) is 0. The molecule has 0 spiro atoms. The highest BCUT2D eigenvalue weighted by Gasteiger charge is 2.27. The Morgan fingerprint density at radius 3 is 2.48 bits per heavy atom. The van der Waals surface area contributed by atoms with Crippen molar-refractivity contribution in [2.75, 3.05) is 5.75 Å². The van der Waals surface area contributed by atoms with Crippen LogP contribution >= 0.6 is 11.8 Å². The zero-order valence-corrected chi connectivity index (χ0v) is 14.4. The summed E-state index contributed by atoms with van der Waals surface area (Å²) in [6.07, 6.45) is 0.427. The van der Waals surface area contributed by atoms with Crippen molar-refractivity contribution in [1.29, 1.82) is 5.26 Å². The zero-order valence-electron chi connectivity index (χ0n) is 13.6. The fourth-order valence-electron chi connectivity index (χ4n) is 1.66. The van der Waals surface area contributed by atoms with Gasteiger partial charge in [-0.3, -0.25) is 0 Å². The Morgan fingerprint density at radius 1 is 1.39 bits per heavy atom. The Morgan fingerprint density at radius 2 is 2.00 bits per heavy atom. The summed E-state index contributed by atoms with van der Waals surface area (Å²) >= 11 is 0.931. The lowest BCUT2D eigenvalue weighted by atomic mass is 9.88. The van der Waals surface area contributed by atoms with Gasteiger partial charge in [-0.15, -0.1) is 11.8 Å². The van der Waals surface area contributed by atoms with E-state index in [9.17, 15) is 18.4 Å².